The molecule has 3 amide bonds. The number of hydrogen-bond acceptors (Lipinski definition) is 7. The van der Waals surface area contributed by atoms with Gasteiger partial charge in [0.05, 0.1) is 25.3 Å². The average Bonchev–Trinajstić information content (AvgIpc) is 3.17. The summed E-state index contributed by atoms with van der Waals surface area (Å²) < 4.78 is 16.7. The van der Waals surface area contributed by atoms with Gasteiger partial charge < -0.3 is 19.1 Å². The van der Waals surface area contributed by atoms with E-state index >= 15 is 0 Å². The minimum absolute atomic E-state index is 0.125. The van der Waals surface area contributed by atoms with Gasteiger partial charge in [-0.25, -0.2) is 4.90 Å². The fourth-order valence-electron chi connectivity index (χ4n) is 4.52. The van der Waals surface area contributed by atoms with Gasteiger partial charge in [0.1, 0.15) is 12.4 Å². The van der Waals surface area contributed by atoms with E-state index in [0.717, 1.165) is 0 Å². The number of hydrogen-bond donors (Lipinski definition) is 0. The third kappa shape index (κ3) is 4.00. The van der Waals surface area contributed by atoms with Gasteiger partial charge >= 0.3 is 0 Å². The number of carbonyl (C=O) groups excluding carboxylic acids is 3. The SMILES string of the molecule is COc1cccc(N2C(=O)C[C@H](N3CCN(C(=O)[C@H]4COc5ccccc5O4)CC3)C2=O)c1. The van der Waals surface area contributed by atoms with Crippen LogP contribution in [0.3, 0.4) is 0 Å². The molecule has 2 aromatic carbocycles. The van der Waals surface area contributed by atoms with Crippen LogP contribution >= 0.6 is 0 Å². The van der Waals surface area contributed by atoms with Gasteiger partial charge in [-0.05, 0) is 24.3 Å². The van der Waals surface area contributed by atoms with Crippen molar-refractivity contribution in [1.82, 2.24) is 9.80 Å². The van der Waals surface area contributed by atoms with Gasteiger partial charge in [0, 0.05) is 32.2 Å². The molecule has 2 saturated heterocycles. The molecule has 0 spiro atoms. The Morgan fingerprint density at radius 3 is 2.52 bits per heavy atom. The summed E-state index contributed by atoms with van der Waals surface area (Å²) in [5.74, 6) is 1.18. The van der Waals surface area contributed by atoms with E-state index in [9.17, 15) is 14.4 Å². The van der Waals surface area contributed by atoms with E-state index in [2.05, 4.69) is 0 Å². The molecule has 0 N–H and O–H groups in total. The van der Waals surface area contributed by atoms with Crippen LogP contribution < -0.4 is 19.1 Å². The third-order valence-corrected chi connectivity index (χ3v) is 6.29. The minimum Gasteiger partial charge on any atom is -0.497 e. The Morgan fingerprint density at radius 1 is 1.00 bits per heavy atom. The van der Waals surface area contributed by atoms with Crippen molar-refractivity contribution in [2.24, 2.45) is 0 Å². The zero-order valence-electron chi connectivity index (χ0n) is 18.3. The van der Waals surface area contributed by atoms with Crippen molar-refractivity contribution in [2.75, 3.05) is 44.8 Å². The number of piperazine rings is 1. The van der Waals surface area contributed by atoms with Gasteiger partial charge in [0.2, 0.25) is 12.0 Å². The third-order valence-electron chi connectivity index (χ3n) is 6.29. The standard InChI is InChI=1S/C24H25N3O6/c1-31-17-6-4-5-16(13-17)27-22(28)14-18(23(27)29)25-9-11-26(12-10-25)24(30)21-15-32-19-7-2-3-8-20(19)33-21/h2-8,13,18,21H,9-12,14-15H2,1H3/t18-,21+/m0/s1. The molecular weight excluding hydrogens is 426 g/mol. The zero-order chi connectivity index (χ0) is 22.9. The van der Waals surface area contributed by atoms with Crippen LogP contribution in [0.2, 0.25) is 0 Å². The molecule has 0 radical (unpaired) electrons. The molecule has 0 aromatic heterocycles. The van der Waals surface area contributed by atoms with Crippen molar-refractivity contribution in [2.45, 2.75) is 18.6 Å². The van der Waals surface area contributed by atoms with E-state index in [4.69, 9.17) is 14.2 Å². The largest absolute Gasteiger partial charge is 0.497 e. The Morgan fingerprint density at radius 2 is 1.76 bits per heavy atom. The van der Waals surface area contributed by atoms with Gasteiger partial charge in [-0.15, -0.1) is 0 Å². The second-order valence-corrected chi connectivity index (χ2v) is 8.21. The van der Waals surface area contributed by atoms with Crippen LogP contribution in [0.15, 0.2) is 48.5 Å². The van der Waals surface area contributed by atoms with Crippen molar-refractivity contribution < 1.29 is 28.6 Å². The zero-order valence-corrected chi connectivity index (χ0v) is 18.3. The lowest BCUT2D eigenvalue weighted by Crippen LogP contribution is -2.57. The lowest BCUT2D eigenvalue weighted by atomic mass is 10.1. The average molecular weight is 451 g/mol. The lowest BCUT2D eigenvalue weighted by Gasteiger charge is -2.38. The highest BCUT2D eigenvalue weighted by atomic mass is 16.6. The number of amides is 3. The second kappa shape index (κ2) is 8.74. The molecule has 2 atom stereocenters. The van der Waals surface area contributed by atoms with Crippen LogP contribution in [0.1, 0.15) is 6.42 Å². The summed E-state index contributed by atoms with van der Waals surface area (Å²) >= 11 is 0. The Balaban J connectivity index is 1.20. The number of ether oxygens (including phenoxy) is 3. The molecule has 0 saturated carbocycles. The van der Waals surface area contributed by atoms with Crippen molar-refractivity contribution in [3.8, 4) is 17.2 Å². The van der Waals surface area contributed by atoms with Crippen LogP contribution in [0, 0.1) is 0 Å². The topological polar surface area (TPSA) is 88.6 Å². The maximum atomic E-state index is 13.1. The van der Waals surface area contributed by atoms with E-state index in [-0.39, 0.29) is 30.7 Å². The summed E-state index contributed by atoms with van der Waals surface area (Å²) in [6, 6.07) is 13.7. The summed E-state index contributed by atoms with van der Waals surface area (Å²) in [4.78, 5) is 43.7. The van der Waals surface area contributed by atoms with Crippen LogP contribution in [-0.2, 0) is 14.4 Å². The minimum atomic E-state index is -0.690. The molecule has 3 aliphatic heterocycles. The molecule has 2 aromatic rings. The fraction of sp³-hybridized carbons (Fsp3) is 0.375. The van der Waals surface area contributed by atoms with Gasteiger partial charge in [-0.2, -0.15) is 0 Å². The number of fused-ring (bicyclic) bond motifs is 1. The Bertz CT molecular complexity index is 1080. The first kappa shape index (κ1) is 21.3. The Hall–Kier alpha value is -3.59. The summed E-state index contributed by atoms with van der Waals surface area (Å²) in [6.45, 7) is 2.09. The van der Waals surface area contributed by atoms with E-state index in [0.29, 0.717) is 49.1 Å². The lowest BCUT2D eigenvalue weighted by molar-refractivity contribution is -0.143. The van der Waals surface area contributed by atoms with Gasteiger partial charge in [0.25, 0.3) is 11.8 Å². The second-order valence-electron chi connectivity index (χ2n) is 8.21. The highest BCUT2D eigenvalue weighted by Gasteiger charge is 2.44. The number of imide groups is 1. The van der Waals surface area contributed by atoms with Gasteiger partial charge in [0.15, 0.2) is 11.5 Å². The van der Waals surface area contributed by atoms with Gasteiger partial charge in [-0.3, -0.25) is 19.3 Å². The number of benzene rings is 2. The van der Waals surface area contributed by atoms with Gasteiger partial charge in [-0.1, -0.05) is 18.2 Å². The number of nitrogens with zero attached hydrogens (tertiary/aromatic N) is 3. The Labute approximate surface area is 191 Å². The van der Waals surface area contributed by atoms with Crippen LogP contribution in [0.25, 0.3) is 0 Å². The highest BCUT2D eigenvalue weighted by molar-refractivity contribution is 6.22. The van der Waals surface area contributed by atoms with Crippen molar-refractivity contribution in [3.05, 3.63) is 48.5 Å². The summed E-state index contributed by atoms with van der Waals surface area (Å²) in [5.41, 5.74) is 0.510. The Kier molecular flexibility index (Phi) is 5.63. The molecule has 9 nitrogen and oxygen atoms in total. The van der Waals surface area contributed by atoms with Crippen molar-refractivity contribution in [3.63, 3.8) is 0 Å². The number of anilines is 1. The first-order valence-corrected chi connectivity index (χ1v) is 11.0. The first-order chi connectivity index (χ1) is 16.0. The smallest absolute Gasteiger partial charge is 0.267 e. The normalized spacial score (nSPS) is 23.1. The van der Waals surface area contributed by atoms with E-state index in [1.54, 1.807) is 42.3 Å². The number of para-hydroxylation sites is 2. The molecule has 0 aliphatic carbocycles. The predicted molar refractivity (Wildman–Crippen MR) is 118 cm³/mol. The van der Waals surface area contributed by atoms with Crippen LogP contribution in [-0.4, -0.2) is 79.6 Å². The molecule has 33 heavy (non-hydrogen) atoms. The molecule has 3 aliphatic rings. The van der Waals surface area contributed by atoms with E-state index in [1.807, 2.05) is 23.1 Å². The summed E-state index contributed by atoms with van der Waals surface area (Å²) in [5, 5.41) is 0. The predicted octanol–water partition coefficient (Wildman–Crippen LogP) is 1.31. The maximum Gasteiger partial charge on any atom is 0.267 e. The van der Waals surface area contributed by atoms with Crippen LogP contribution in [0.4, 0.5) is 5.69 Å². The molecule has 9 heteroatoms. The number of methoxy groups -OCH3 is 1. The van der Waals surface area contributed by atoms with Crippen molar-refractivity contribution in [1.29, 1.82) is 0 Å². The monoisotopic (exact) mass is 451 g/mol. The van der Waals surface area contributed by atoms with Crippen LogP contribution in [0.5, 0.6) is 17.2 Å². The molecule has 0 bridgehead atoms. The highest BCUT2D eigenvalue weighted by Crippen LogP contribution is 2.32. The molecule has 5 rings (SSSR count). The molecule has 2 fully saturated rings. The van der Waals surface area contributed by atoms with Crippen molar-refractivity contribution >= 4 is 23.4 Å². The fourth-order valence-corrected chi connectivity index (χ4v) is 4.52. The molecule has 0 unspecified atom stereocenters. The molecule has 172 valence electrons. The number of rotatable bonds is 4. The molecule has 3 heterocycles. The first-order valence-electron chi connectivity index (χ1n) is 11.0. The van der Waals surface area contributed by atoms with E-state index in [1.165, 1.54) is 4.90 Å². The summed E-state index contributed by atoms with van der Waals surface area (Å²) in [7, 11) is 1.54. The number of carbonyl (C=O) groups is 3. The maximum absolute atomic E-state index is 13.1. The summed E-state index contributed by atoms with van der Waals surface area (Å²) in [6.07, 6.45) is -0.565. The molecular formula is C24H25N3O6. The van der Waals surface area contributed by atoms with E-state index < -0.39 is 12.1 Å². The quantitative estimate of drug-likeness (QED) is 0.648.